The van der Waals surface area contributed by atoms with Crippen molar-refractivity contribution in [3.8, 4) is 0 Å². The monoisotopic (exact) mass is 233 g/mol. The molecule has 1 heterocycles. The number of hydrogen-bond donors (Lipinski definition) is 2. The topological polar surface area (TPSA) is 50.9 Å². The van der Waals surface area contributed by atoms with E-state index < -0.39 is 0 Å². The average Bonchev–Trinajstić information content (AvgIpc) is 2.30. The lowest BCUT2D eigenvalue weighted by Gasteiger charge is -2.05. The SMILES string of the molecule is Nc1ccc(CNc2ccc(Cl)cc2)nc1. The van der Waals surface area contributed by atoms with Gasteiger partial charge in [-0.25, -0.2) is 0 Å². The van der Waals surface area contributed by atoms with Crippen LogP contribution in [0.1, 0.15) is 5.69 Å². The van der Waals surface area contributed by atoms with Gasteiger partial charge in [0, 0.05) is 10.7 Å². The Morgan fingerprint density at radius 2 is 1.88 bits per heavy atom. The molecule has 82 valence electrons. The maximum atomic E-state index is 5.79. The fourth-order valence-electron chi connectivity index (χ4n) is 1.30. The van der Waals surface area contributed by atoms with Crippen LogP contribution in [-0.2, 0) is 6.54 Å². The number of anilines is 2. The van der Waals surface area contributed by atoms with Crippen LogP contribution in [0.5, 0.6) is 0 Å². The molecule has 0 aliphatic heterocycles. The highest BCUT2D eigenvalue weighted by atomic mass is 35.5. The second-order valence-electron chi connectivity index (χ2n) is 3.44. The minimum Gasteiger partial charge on any atom is -0.397 e. The highest BCUT2D eigenvalue weighted by Gasteiger charge is 1.95. The van der Waals surface area contributed by atoms with Gasteiger partial charge in [0.1, 0.15) is 0 Å². The first kappa shape index (κ1) is 10.8. The van der Waals surface area contributed by atoms with Gasteiger partial charge in [0.15, 0.2) is 0 Å². The van der Waals surface area contributed by atoms with E-state index in [-0.39, 0.29) is 0 Å². The van der Waals surface area contributed by atoms with E-state index in [1.807, 2.05) is 36.4 Å². The molecule has 0 atom stereocenters. The zero-order valence-electron chi connectivity index (χ0n) is 8.65. The molecule has 0 aliphatic rings. The van der Waals surface area contributed by atoms with E-state index in [9.17, 15) is 0 Å². The van der Waals surface area contributed by atoms with E-state index in [0.717, 1.165) is 16.4 Å². The fraction of sp³-hybridized carbons (Fsp3) is 0.0833. The van der Waals surface area contributed by atoms with Crippen molar-refractivity contribution in [2.45, 2.75) is 6.54 Å². The number of pyridine rings is 1. The summed E-state index contributed by atoms with van der Waals surface area (Å²) in [7, 11) is 0. The van der Waals surface area contributed by atoms with Crippen molar-refractivity contribution in [3.63, 3.8) is 0 Å². The quantitative estimate of drug-likeness (QED) is 0.857. The molecule has 0 bridgehead atoms. The Morgan fingerprint density at radius 1 is 1.12 bits per heavy atom. The van der Waals surface area contributed by atoms with Crippen LogP contribution in [0.25, 0.3) is 0 Å². The smallest absolute Gasteiger partial charge is 0.0596 e. The van der Waals surface area contributed by atoms with Crippen molar-refractivity contribution in [1.82, 2.24) is 4.98 Å². The predicted molar refractivity (Wildman–Crippen MR) is 67.4 cm³/mol. The van der Waals surface area contributed by atoms with Crippen molar-refractivity contribution < 1.29 is 0 Å². The van der Waals surface area contributed by atoms with Gasteiger partial charge >= 0.3 is 0 Å². The molecular weight excluding hydrogens is 222 g/mol. The highest BCUT2D eigenvalue weighted by Crippen LogP contribution is 2.14. The largest absolute Gasteiger partial charge is 0.397 e. The van der Waals surface area contributed by atoms with Crippen LogP contribution in [0.2, 0.25) is 5.02 Å². The molecule has 16 heavy (non-hydrogen) atoms. The third-order valence-corrected chi connectivity index (χ3v) is 2.42. The van der Waals surface area contributed by atoms with Gasteiger partial charge in [-0.2, -0.15) is 0 Å². The molecule has 0 saturated carbocycles. The van der Waals surface area contributed by atoms with E-state index in [2.05, 4.69) is 10.3 Å². The Morgan fingerprint density at radius 3 is 2.50 bits per heavy atom. The number of nitrogens with zero attached hydrogens (tertiary/aromatic N) is 1. The molecule has 2 aromatic rings. The standard InChI is InChI=1S/C12H12ClN3/c13-9-1-4-11(5-2-9)16-8-12-6-3-10(14)7-15-12/h1-7,16H,8,14H2. The third-order valence-electron chi connectivity index (χ3n) is 2.17. The Bertz CT molecular complexity index is 405. The Kier molecular flexibility index (Phi) is 3.27. The minimum atomic E-state index is 0.669. The molecule has 0 aliphatic carbocycles. The van der Waals surface area contributed by atoms with E-state index in [1.54, 1.807) is 6.20 Å². The summed E-state index contributed by atoms with van der Waals surface area (Å²) in [5.41, 5.74) is 8.19. The van der Waals surface area contributed by atoms with Crippen LogP contribution in [-0.4, -0.2) is 4.98 Å². The lowest BCUT2D eigenvalue weighted by atomic mass is 10.3. The molecule has 0 amide bonds. The first-order chi connectivity index (χ1) is 7.74. The summed E-state index contributed by atoms with van der Waals surface area (Å²) in [4.78, 5) is 4.20. The molecule has 0 saturated heterocycles. The number of halogens is 1. The van der Waals surface area contributed by atoms with Gasteiger partial charge < -0.3 is 11.1 Å². The van der Waals surface area contributed by atoms with Crippen LogP contribution in [0, 0.1) is 0 Å². The number of rotatable bonds is 3. The number of nitrogens with two attached hydrogens (primary N) is 1. The summed E-state index contributed by atoms with van der Waals surface area (Å²) in [5.74, 6) is 0. The Labute approximate surface area is 99.3 Å². The second kappa shape index (κ2) is 4.86. The number of benzene rings is 1. The molecule has 0 fully saturated rings. The first-order valence-electron chi connectivity index (χ1n) is 4.94. The van der Waals surface area contributed by atoms with Gasteiger partial charge in [0.05, 0.1) is 24.1 Å². The van der Waals surface area contributed by atoms with Crippen molar-refractivity contribution in [1.29, 1.82) is 0 Å². The number of nitrogens with one attached hydrogen (secondary N) is 1. The molecule has 4 heteroatoms. The van der Waals surface area contributed by atoms with Crippen molar-refractivity contribution in [3.05, 3.63) is 53.3 Å². The normalized spacial score (nSPS) is 10.1. The predicted octanol–water partition coefficient (Wildman–Crippen LogP) is 2.93. The van der Waals surface area contributed by atoms with E-state index >= 15 is 0 Å². The van der Waals surface area contributed by atoms with E-state index in [1.165, 1.54) is 0 Å². The Balaban J connectivity index is 1.97. The van der Waals surface area contributed by atoms with Gasteiger partial charge in [-0.05, 0) is 36.4 Å². The highest BCUT2D eigenvalue weighted by molar-refractivity contribution is 6.30. The van der Waals surface area contributed by atoms with Gasteiger partial charge in [-0.1, -0.05) is 11.6 Å². The van der Waals surface area contributed by atoms with Crippen LogP contribution in [0.3, 0.4) is 0 Å². The van der Waals surface area contributed by atoms with Crippen molar-refractivity contribution in [2.75, 3.05) is 11.1 Å². The van der Waals surface area contributed by atoms with Crippen molar-refractivity contribution in [2.24, 2.45) is 0 Å². The Hall–Kier alpha value is -1.74. The molecule has 0 radical (unpaired) electrons. The van der Waals surface area contributed by atoms with Crippen LogP contribution < -0.4 is 11.1 Å². The fourth-order valence-corrected chi connectivity index (χ4v) is 1.43. The number of hydrogen-bond acceptors (Lipinski definition) is 3. The summed E-state index contributed by atoms with van der Waals surface area (Å²) in [6, 6.07) is 11.3. The third kappa shape index (κ3) is 2.87. The molecular formula is C12H12ClN3. The molecule has 2 rings (SSSR count). The summed E-state index contributed by atoms with van der Waals surface area (Å²) in [6.07, 6.45) is 1.65. The van der Waals surface area contributed by atoms with Crippen LogP contribution in [0.4, 0.5) is 11.4 Å². The molecule has 3 N–H and O–H groups in total. The number of aromatic nitrogens is 1. The zero-order valence-corrected chi connectivity index (χ0v) is 9.41. The summed E-state index contributed by atoms with van der Waals surface area (Å²) >= 11 is 5.79. The van der Waals surface area contributed by atoms with Gasteiger partial charge in [-0.15, -0.1) is 0 Å². The molecule has 3 nitrogen and oxygen atoms in total. The molecule has 1 aromatic heterocycles. The van der Waals surface area contributed by atoms with Crippen LogP contribution in [0.15, 0.2) is 42.6 Å². The summed E-state index contributed by atoms with van der Waals surface area (Å²) in [5, 5.41) is 3.98. The minimum absolute atomic E-state index is 0.669. The first-order valence-corrected chi connectivity index (χ1v) is 5.32. The molecule has 0 spiro atoms. The molecule has 1 aromatic carbocycles. The maximum absolute atomic E-state index is 5.79. The van der Waals surface area contributed by atoms with Gasteiger partial charge in [0.25, 0.3) is 0 Å². The van der Waals surface area contributed by atoms with Crippen molar-refractivity contribution >= 4 is 23.0 Å². The number of nitrogen functional groups attached to an aromatic ring is 1. The van der Waals surface area contributed by atoms with Gasteiger partial charge in [0.2, 0.25) is 0 Å². The van der Waals surface area contributed by atoms with E-state index in [4.69, 9.17) is 17.3 Å². The second-order valence-corrected chi connectivity index (χ2v) is 3.88. The lowest BCUT2D eigenvalue weighted by molar-refractivity contribution is 1.05. The summed E-state index contributed by atoms with van der Waals surface area (Å²) in [6.45, 7) is 0.669. The lowest BCUT2D eigenvalue weighted by Crippen LogP contribution is -2.01. The van der Waals surface area contributed by atoms with Gasteiger partial charge in [-0.3, -0.25) is 4.98 Å². The molecule has 0 unspecified atom stereocenters. The van der Waals surface area contributed by atoms with Crippen LogP contribution >= 0.6 is 11.6 Å². The maximum Gasteiger partial charge on any atom is 0.0596 e. The summed E-state index contributed by atoms with van der Waals surface area (Å²) < 4.78 is 0. The average molecular weight is 234 g/mol. The van der Waals surface area contributed by atoms with E-state index in [0.29, 0.717) is 12.2 Å². The zero-order chi connectivity index (χ0) is 11.4.